The summed E-state index contributed by atoms with van der Waals surface area (Å²) in [6, 6.07) is 11.2. The molecule has 4 rings (SSSR count). The van der Waals surface area contributed by atoms with Crippen molar-refractivity contribution in [3.8, 4) is 11.5 Å². The highest BCUT2D eigenvalue weighted by molar-refractivity contribution is 14.1. The first-order valence-electron chi connectivity index (χ1n) is 8.93. The molecule has 6 nitrogen and oxygen atoms in total. The van der Waals surface area contributed by atoms with E-state index in [1.54, 1.807) is 6.07 Å². The standard InChI is InChI=1S/C20H21IN2O4/c1-26-17-10-12(9-15(21)18(17)24)19-22-16-7-3-2-6-14(16)20(25)23(19)11-13-5-4-8-27-13/h2-3,6-7,9-10,13,19,22,24H,4-5,8,11H2,1H3/t13-,19-/m0/s1. The number of anilines is 1. The van der Waals surface area contributed by atoms with E-state index in [-0.39, 0.29) is 23.9 Å². The minimum absolute atomic E-state index is 0.0214. The van der Waals surface area contributed by atoms with Crippen molar-refractivity contribution in [3.63, 3.8) is 0 Å². The molecule has 1 fully saturated rings. The molecule has 0 aromatic heterocycles. The number of phenolic OH excluding ortho intramolecular Hbond substituents is 1. The molecule has 0 aliphatic carbocycles. The average Bonchev–Trinajstić information content (AvgIpc) is 3.19. The Morgan fingerprint density at radius 3 is 2.93 bits per heavy atom. The number of hydrogen-bond donors (Lipinski definition) is 2. The lowest BCUT2D eigenvalue weighted by Crippen LogP contribution is -2.46. The fraction of sp³-hybridized carbons (Fsp3) is 0.350. The van der Waals surface area contributed by atoms with E-state index < -0.39 is 0 Å². The van der Waals surface area contributed by atoms with Crippen LogP contribution in [0, 0.1) is 3.57 Å². The summed E-state index contributed by atoms with van der Waals surface area (Å²) in [5.41, 5.74) is 2.32. The predicted octanol–water partition coefficient (Wildman–Crippen LogP) is 3.75. The van der Waals surface area contributed by atoms with Gasteiger partial charge in [-0.1, -0.05) is 12.1 Å². The van der Waals surface area contributed by atoms with Gasteiger partial charge in [-0.15, -0.1) is 0 Å². The molecule has 0 unspecified atom stereocenters. The van der Waals surface area contributed by atoms with Crippen LogP contribution in [0.25, 0.3) is 0 Å². The van der Waals surface area contributed by atoms with Crippen LogP contribution in [-0.2, 0) is 4.74 Å². The molecule has 2 aliphatic rings. The molecule has 0 bridgehead atoms. The van der Waals surface area contributed by atoms with Gasteiger partial charge in [0.25, 0.3) is 5.91 Å². The Hall–Kier alpha value is -2.00. The van der Waals surface area contributed by atoms with Gasteiger partial charge in [-0.05, 0) is 65.3 Å². The van der Waals surface area contributed by atoms with Crippen LogP contribution < -0.4 is 10.1 Å². The maximum atomic E-state index is 13.2. The molecule has 1 amide bonds. The number of hydrogen-bond acceptors (Lipinski definition) is 5. The Labute approximate surface area is 171 Å². The minimum atomic E-state index is -0.361. The van der Waals surface area contributed by atoms with Crippen molar-refractivity contribution in [1.82, 2.24) is 4.90 Å². The maximum absolute atomic E-state index is 13.2. The molecule has 2 aromatic rings. The predicted molar refractivity (Wildman–Crippen MR) is 110 cm³/mol. The first kappa shape index (κ1) is 18.4. The number of nitrogens with zero attached hydrogens (tertiary/aromatic N) is 1. The van der Waals surface area contributed by atoms with Crippen molar-refractivity contribution >= 4 is 34.2 Å². The second-order valence-corrected chi connectivity index (χ2v) is 7.90. The van der Waals surface area contributed by atoms with Crippen LogP contribution >= 0.6 is 22.6 Å². The monoisotopic (exact) mass is 480 g/mol. The van der Waals surface area contributed by atoms with E-state index in [9.17, 15) is 9.90 Å². The van der Waals surface area contributed by atoms with Crippen molar-refractivity contribution in [1.29, 1.82) is 0 Å². The number of carbonyl (C=O) groups excluding carboxylic acids is 1. The summed E-state index contributed by atoms with van der Waals surface area (Å²) in [7, 11) is 1.52. The number of aromatic hydroxyl groups is 1. The van der Waals surface area contributed by atoms with Crippen LogP contribution in [0.3, 0.4) is 0 Å². The van der Waals surface area contributed by atoms with Crippen molar-refractivity contribution in [2.24, 2.45) is 0 Å². The zero-order valence-corrected chi connectivity index (χ0v) is 17.1. The van der Waals surface area contributed by atoms with Crippen molar-refractivity contribution in [2.45, 2.75) is 25.1 Å². The summed E-state index contributed by atoms with van der Waals surface area (Å²) in [6.45, 7) is 1.26. The third-order valence-corrected chi connectivity index (χ3v) is 5.86. The molecule has 0 radical (unpaired) electrons. The molecule has 0 saturated carbocycles. The Balaban J connectivity index is 1.76. The second-order valence-electron chi connectivity index (χ2n) is 6.74. The van der Waals surface area contributed by atoms with Crippen LogP contribution in [-0.4, -0.2) is 42.3 Å². The van der Waals surface area contributed by atoms with Gasteiger partial charge in [0.05, 0.1) is 22.3 Å². The molecule has 2 aliphatic heterocycles. The smallest absolute Gasteiger partial charge is 0.257 e. The normalized spacial score (nSPS) is 21.7. The fourth-order valence-corrected chi connectivity index (χ4v) is 4.28. The first-order chi connectivity index (χ1) is 13.1. The number of nitrogens with one attached hydrogen (secondary N) is 1. The third kappa shape index (κ3) is 3.45. The molecule has 2 aromatic carbocycles. The third-order valence-electron chi connectivity index (χ3n) is 5.03. The highest BCUT2D eigenvalue weighted by atomic mass is 127. The SMILES string of the molecule is COc1cc([C@H]2Nc3ccccc3C(=O)N2C[C@@H]2CCCO2)cc(I)c1O. The first-order valence-corrected chi connectivity index (χ1v) is 10.0. The number of ether oxygens (including phenoxy) is 2. The van der Waals surface area contributed by atoms with Gasteiger partial charge in [-0.2, -0.15) is 0 Å². The van der Waals surface area contributed by atoms with Gasteiger partial charge in [0.15, 0.2) is 11.5 Å². The number of phenols is 1. The lowest BCUT2D eigenvalue weighted by Gasteiger charge is -2.39. The van der Waals surface area contributed by atoms with Gasteiger partial charge < -0.3 is 24.8 Å². The van der Waals surface area contributed by atoms with Crippen LogP contribution in [0.2, 0.25) is 0 Å². The Kier molecular flexibility index (Phi) is 5.14. The molecular formula is C20H21IN2O4. The van der Waals surface area contributed by atoms with Crippen molar-refractivity contribution < 1.29 is 19.4 Å². The summed E-state index contributed by atoms with van der Waals surface area (Å²) in [4.78, 5) is 15.1. The van der Waals surface area contributed by atoms with E-state index in [0.717, 1.165) is 30.7 Å². The molecule has 1 saturated heterocycles. The van der Waals surface area contributed by atoms with Gasteiger partial charge in [0.1, 0.15) is 6.17 Å². The van der Waals surface area contributed by atoms with Crippen molar-refractivity contribution in [2.75, 3.05) is 25.6 Å². The lowest BCUT2D eigenvalue weighted by atomic mass is 10.0. The number of amides is 1. The zero-order valence-electron chi connectivity index (χ0n) is 14.9. The zero-order chi connectivity index (χ0) is 19.0. The van der Waals surface area contributed by atoms with Gasteiger partial charge in [-0.25, -0.2) is 0 Å². The number of para-hydroxylation sites is 1. The number of rotatable bonds is 4. The Morgan fingerprint density at radius 1 is 1.37 bits per heavy atom. The Bertz CT molecular complexity index is 867. The second kappa shape index (κ2) is 7.55. The molecule has 7 heteroatoms. The van der Waals surface area contributed by atoms with Gasteiger partial charge in [-0.3, -0.25) is 4.79 Å². The minimum Gasteiger partial charge on any atom is -0.504 e. The number of carbonyl (C=O) groups is 1. The molecule has 0 spiro atoms. The quantitative estimate of drug-likeness (QED) is 0.653. The maximum Gasteiger partial charge on any atom is 0.257 e. The number of fused-ring (bicyclic) bond motifs is 1. The van der Waals surface area contributed by atoms with E-state index in [4.69, 9.17) is 9.47 Å². The van der Waals surface area contributed by atoms with Crippen LogP contribution in [0.15, 0.2) is 36.4 Å². The molecule has 2 atom stereocenters. The summed E-state index contributed by atoms with van der Waals surface area (Å²) >= 11 is 2.07. The van der Waals surface area contributed by atoms with E-state index in [1.807, 2.05) is 35.2 Å². The summed E-state index contributed by atoms with van der Waals surface area (Å²) in [5.74, 6) is 0.476. The molecular weight excluding hydrogens is 459 g/mol. The van der Waals surface area contributed by atoms with Gasteiger partial charge >= 0.3 is 0 Å². The summed E-state index contributed by atoms with van der Waals surface area (Å²) < 4.78 is 11.8. The highest BCUT2D eigenvalue weighted by Gasteiger charge is 2.35. The molecule has 2 N–H and O–H groups in total. The number of benzene rings is 2. The van der Waals surface area contributed by atoms with E-state index in [0.29, 0.717) is 21.4 Å². The van der Waals surface area contributed by atoms with E-state index in [2.05, 4.69) is 27.9 Å². The lowest BCUT2D eigenvalue weighted by molar-refractivity contribution is 0.0426. The van der Waals surface area contributed by atoms with E-state index in [1.165, 1.54) is 7.11 Å². The number of methoxy groups -OCH3 is 1. The molecule has 27 heavy (non-hydrogen) atoms. The summed E-state index contributed by atoms with van der Waals surface area (Å²) in [6.07, 6.45) is 1.65. The largest absolute Gasteiger partial charge is 0.504 e. The highest BCUT2D eigenvalue weighted by Crippen LogP contribution is 2.39. The molecule has 142 valence electrons. The van der Waals surface area contributed by atoms with Gasteiger partial charge in [0.2, 0.25) is 0 Å². The number of halogens is 1. The van der Waals surface area contributed by atoms with Crippen LogP contribution in [0.5, 0.6) is 11.5 Å². The van der Waals surface area contributed by atoms with Crippen molar-refractivity contribution in [3.05, 3.63) is 51.1 Å². The van der Waals surface area contributed by atoms with Crippen LogP contribution in [0.4, 0.5) is 5.69 Å². The van der Waals surface area contributed by atoms with E-state index >= 15 is 0 Å². The summed E-state index contributed by atoms with van der Waals surface area (Å²) in [5, 5.41) is 13.6. The fourth-order valence-electron chi connectivity index (χ4n) is 3.66. The van der Waals surface area contributed by atoms with Gasteiger partial charge in [0, 0.05) is 18.8 Å². The Morgan fingerprint density at radius 2 is 2.19 bits per heavy atom. The van der Waals surface area contributed by atoms with Crippen LogP contribution in [0.1, 0.15) is 34.9 Å². The molecule has 2 heterocycles. The topological polar surface area (TPSA) is 71.0 Å². The average molecular weight is 480 g/mol.